The van der Waals surface area contributed by atoms with Gasteiger partial charge in [0, 0.05) is 10.0 Å². The zero-order valence-electron chi connectivity index (χ0n) is 11.0. The van der Waals surface area contributed by atoms with Gasteiger partial charge in [-0.2, -0.15) is 0 Å². The molecule has 0 aromatic heterocycles. The van der Waals surface area contributed by atoms with Gasteiger partial charge in [-0.3, -0.25) is 20.4 Å². The molecule has 0 saturated heterocycles. The number of hydrazine groups is 1. The number of para-hydroxylation sites is 1. The molecular weight excluding hydrogens is 336 g/mol. The molecule has 0 aliphatic heterocycles. The number of hydrogen-bond acceptors (Lipinski definition) is 3. The molecule has 0 spiro atoms. The molecule has 6 heteroatoms. The average molecular weight is 349 g/mol. The van der Waals surface area contributed by atoms with Gasteiger partial charge in [-0.15, -0.1) is 0 Å². The fraction of sp³-hybridized carbons (Fsp3) is 0.0667. The Balaban J connectivity index is 1.77. The molecule has 0 aliphatic carbocycles. The molecule has 0 fully saturated rings. The van der Waals surface area contributed by atoms with Crippen LogP contribution in [0.25, 0.3) is 0 Å². The summed E-state index contributed by atoms with van der Waals surface area (Å²) in [4.78, 5) is 23.3. The van der Waals surface area contributed by atoms with Crippen LogP contribution in [0.15, 0.2) is 59.1 Å². The van der Waals surface area contributed by atoms with E-state index >= 15 is 0 Å². The number of benzene rings is 2. The van der Waals surface area contributed by atoms with Crippen molar-refractivity contribution in [2.75, 3.05) is 6.61 Å². The number of halogens is 1. The monoisotopic (exact) mass is 348 g/mol. The maximum absolute atomic E-state index is 11.8. The third kappa shape index (κ3) is 4.92. The summed E-state index contributed by atoms with van der Waals surface area (Å²) in [6.45, 7) is -0.178. The highest BCUT2D eigenvalue weighted by molar-refractivity contribution is 9.10. The summed E-state index contributed by atoms with van der Waals surface area (Å²) in [6, 6.07) is 15.8. The molecule has 2 aromatic carbocycles. The number of carbonyl (C=O) groups is 2. The average Bonchev–Trinajstić information content (AvgIpc) is 2.51. The molecule has 2 amide bonds. The number of nitrogens with one attached hydrogen (secondary N) is 2. The fourth-order valence-corrected chi connectivity index (χ4v) is 1.93. The van der Waals surface area contributed by atoms with Gasteiger partial charge in [0.25, 0.3) is 11.8 Å². The largest absolute Gasteiger partial charge is 0.484 e. The van der Waals surface area contributed by atoms with E-state index < -0.39 is 11.8 Å². The van der Waals surface area contributed by atoms with Crippen molar-refractivity contribution in [3.8, 4) is 5.75 Å². The lowest BCUT2D eigenvalue weighted by atomic mass is 10.2. The Morgan fingerprint density at radius 2 is 1.76 bits per heavy atom. The molecule has 108 valence electrons. The van der Waals surface area contributed by atoms with E-state index in [-0.39, 0.29) is 6.61 Å². The molecule has 5 nitrogen and oxygen atoms in total. The first-order valence-corrected chi connectivity index (χ1v) is 6.97. The minimum absolute atomic E-state index is 0.178. The van der Waals surface area contributed by atoms with Crippen molar-refractivity contribution in [1.82, 2.24) is 10.9 Å². The summed E-state index contributed by atoms with van der Waals surface area (Å²) in [5, 5.41) is 0. The van der Waals surface area contributed by atoms with E-state index in [2.05, 4.69) is 26.8 Å². The van der Waals surface area contributed by atoms with E-state index in [1.807, 2.05) is 24.3 Å². The SMILES string of the molecule is O=C(COc1ccccc1)NNC(=O)c1cccc(Br)c1. The lowest BCUT2D eigenvalue weighted by Crippen LogP contribution is -2.43. The first kappa shape index (κ1) is 15.1. The molecule has 0 heterocycles. The lowest BCUT2D eigenvalue weighted by molar-refractivity contribution is -0.123. The molecule has 0 unspecified atom stereocenters. The molecule has 0 saturated carbocycles. The highest BCUT2D eigenvalue weighted by Crippen LogP contribution is 2.11. The van der Waals surface area contributed by atoms with Crippen molar-refractivity contribution in [2.45, 2.75) is 0 Å². The van der Waals surface area contributed by atoms with Crippen molar-refractivity contribution in [1.29, 1.82) is 0 Å². The Bertz CT molecular complexity index is 632. The van der Waals surface area contributed by atoms with Gasteiger partial charge in [0.05, 0.1) is 0 Å². The smallest absolute Gasteiger partial charge is 0.276 e. The summed E-state index contributed by atoms with van der Waals surface area (Å²) < 4.78 is 6.04. The first-order valence-electron chi connectivity index (χ1n) is 6.18. The predicted octanol–water partition coefficient (Wildman–Crippen LogP) is 2.29. The van der Waals surface area contributed by atoms with Crippen molar-refractivity contribution < 1.29 is 14.3 Å². The number of hydrogen-bond donors (Lipinski definition) is 2. The van der Waals surface area contributed by atoms with E-state index in [0.717, 1.165) is 4.47 Å². The summed E-state index contributed by atoms with van der Waals surface area (Å²) in [6.07, 6.45) is 0. The van der Waals surface area contributed by atoms with Crippen LogP contribution in [-0.2, 0) is 4.79 Å². The van der Waals surface area contributed by atoms with Crippen LogP contribution in [0.4, 0.5) is 0 Å². The maximum Gasteiger partial charge on any atom is 0.276 e. The van der Waals surface area contributed by atoms with Crippen LogP contribution in [0.5, 0.6) is 5.75 Å². The summed E-state index contributed by atoms with van der Waals surface area (Å²) in [5.41, 5.74) is 5.05. The Kier molecular flexibility index (Phi) is 5.34. The van der Waals surface area contributed by atoms with Crippen LogP contribution >= 0.6 is 15.9 Å². The minimum Gasteiger partial charge on any atom is -0.484 e. The molecule has 2 aromatic rings. The third-order valence-corrected chi connectivity index (χ3v) is 3.01. The molecular formula is C15H13BrN2O3. The second-order valence-electron chi connectivity index (χ2n) is 4.11. The van der Waals surface area contributed by atoms with Crippen LogP contribution in [0.2, 0.25) is 0 Å². The molecule has 0 atom stereocenters. The zero-order chi connectivity index (χ0) is 15.1. The van der Waals surface area contributed by atoms with Crippen molar-refractivity contribution in [3.05, 3.63) is 64.6 Å². The summed E-state index contributed by atoms with van der Waals surface area (Å²) in [7, 11) is 0. The summed E-state index contributed by atoms with van der Waals surface area (Å²) >= 11 is 3.27. The molecule has 2 rings (SSSR count). The van der Waals surface area contributed by atoms with Gasteiger partial charge in [0.2, 0.25) is 0 Å². The Labute approximate surface area is 130 Å². The number of carbonyl (C=O) groups excluding carboxylic acids is 2. The highest BCUT2D eigenvalue weighted by atomic mass is 79.9. The van der Waals surface area contributed by atoms with Gasteiger partial charge < -0.3 is 4.74 Å². The van der Waals surface area contributed by atoms with E-state index in [1.165, 1.54) is 0 Å². The standard InChI is InChI=1S/C15H13BrN2O3/c16-12-6-4-5-11(9-12)15(20)18-17-14(19)10-21-13-7-2-1-3-8-13/h1-9H,10H2,(H,17,19)(H,18,20). The molecule has 0 bridgehead atoms. The normalized spacial score (nSPS) is 9.76. The van der Waals surface area contributed by atoms with Crippen LogP contribution in [-0.4, -0.2) is 18.4 Å². The van der Waals surface area contributed by atoms with Gasteiger partial charge in [-0.25, -0.2) is 0 Å². The van der Waals surface area contributed by atoms with Crippen molar-refractivity contribution in [2.24, 2.45) is 0 Å². The van der Waals surface area contributed by atoms with E-state index in [1.54, 1.807) is 30.3 Å². The van der Waals surface area contributed by atoms with Gasteiger partial charge >= 0.3 is 0 Å². The zero-order valence-corrected chi connectivity index (χ0v) is 12.6. The second kappa shape index (κ2) is 7.44. The van der Waals surface area contributed by atoms with Crippen LogP contribution < -0.4 is 15.6 Å². The number of amides is 2. The van der Waals surface area contributed by atoms with Gasteiger partial charge in [-0.1, -0.05) is 40.2 Å². The minimum atomic E-state index is -0.442. The van der Waals surface area contributed by atoms with Gasteiger partial charge in [-0.05, 0) is 30.3 Å². The van der Waals surface area contributed by atoms with E-state index in [0.29, 0.717) is 11.3 Å². The van der Waals surface area contributed by atoms with Crippen LogP contribution in [0, 0.1) is 0 Å². The summed E-state index contributed by atoms with van der Waals surface area (Å²) in [5.74, 6) is -0.252. The fourth-order valence-electron chi connectivity index (χ4n) is 1.53. The molecule has 2 N–H and O–H groups in total. The number of ether oxygens (including phenoxy) is 1. The second-order valence-corrected chi connectivity index (χ2v) is 5.03. The number of rotatable bonds is 4. The quantitative estimate of drug-likeness (QED) is 0.833. The highest BCUT2D eigenvalue weighted by Gasteiger charge is 2.08. The van der Waals surface area contributed by atoms with Crippen LogP contribution in [0.3, 0.4) is 0 Å². The van der Waals surface area contributed by atoms with E-state index in [4.69, 9.17) is 4.74 Å². The molecule has 21 heavy (non-hydrogen) atoms. The van der Waals surface area contributed by atoms with Crippen molar-refractivity contribution >= 4 is 27.7 Å². The van der Waals surface area contributed by atoms with Crippen LogP contribution in [0.1, 0.15) is 10.4 Å². The molecule has 0 radical (unpaired) electrons. The topological polar surface area (TPSA) is 67.4 Å². The van der Waals surface area contributed by atoms with E-state index in [9.17, 15) is 9.59 Å². The van der Waals surface area contributed by atoms with Gasteiger partial charge in [0.1, 0.15) is 5.75 Å². The lowest BCUT2D eigenvalue weighted by Gasteiger charge is -2.08. The third-order valence-electron chi connectivity index (χ3n) is 2.52. The molecule has 0 aliphatic rings. The maximum atomic E-state index is 11.8. The predicted molar refractivity (Wildman–Crippen MR) is 81.7 cm³/mol. The Morgan fingerprint density at radius 1 is 1.00 bits per heavy atom. The first-order chi connectivity index (χ1) is 10.1. The van der Waals surface area contributed by atoms with Gasteiger partial charge in [0.15, 0.2) is 6.61 Å². The van der Waals surface area contributed by atoms with Crippen molar-refractivity contribution in [3.63, 3.8) is 0 Å². The Hall–Kier alpha value is -2.34. The Morgan fingerprint density at radius 3 is 2.48 bits per heavy atom.